The smallest absolute Gasteiger partial charge is 0.316 e. The van der Waals surface area contributed by atoms with Gasteiger partial charge in [0.05, 0.1) is 12.9 Å². The maximum Gasteiger partial charge on any atom is 0.316 e. The van der Waals surface area contributed by atoms with Crippen LogP contribution in [0.1, 0.15) is 0 Å². The average molecular weight is 275 g/mol. The van der Waals surface area contributed by atoms with Crippen molar-refractivity contribution >= 4 is 23.5 Å². The number of esters is 1. The summed E-state index contributed by atoms with van der Waals surface area (Å²) in [7, 11) is 1.35. The van der Waals surface area contributed by atoms with E-state index >= 15 is 0 Å². The number of methoxy groups -OCH3 is 1. The molecule has 0 aliphatic heterocycles. The summed E-state index contributed by atoms with van der Waals surface area (Å²) in [6.45, 7) is 0. The normalized spacial score (nSPS) is 10.2. The molecular formula is C13H13N3O2S. The first-order chi connectivity index (χ1) is 9.19. The van der Waals surface area contributed by atoms with Gasteiger partial charge in [-0.25, -0.2) is 9.97 Å². The van der Waals surface area contributed by atoms with E-state index < -0.39 is 0 Å². The minimum atomic E-state index is -0.302. The lowest BCUT2D eigenvalue weighted by Gasteiger charge is -2.05. The van der Waals surface area contributed by atoms with Crippen LogP contribution in [0, 0.1) is 0 Å². The minimum absolute atomic E-state index is 0.196. The maximum absolute atomic E-state index is 11.1. The summed E-state index contributed by atoms with van der Waals surface area (Å²) in [5, 5.41) is 0.650. The molecule has 0 bridgehead atoms. The van der Waals surface area contributed by atoms with E-state index in [1.165, 1.54) is 18.9 Å². The molecule has 0 unspecified atom stereocenters. The van der Waals surface area contributed by atoms with Crippen molar-refractivity contribution in [1.82, 2.24) is 9.97 Å². The third-order valence-electron chi connectivity index (χ3n) is 2.32. The van der Waals surface area contributed by atoms with Crippen LogP contribution >= 0.6 is 11.8 Å². The highest BCUT2D eigenvalue weighted by atomic mass is 32.2. The summed E-state index contributed by atoms with van der Waals surface area (Å²) in [5.74, 6) is 0.818. The van der Waals surface area contributed by atoms with Gasteiger partial charge in [-0.1, -0.05) is 42.1 Å². The van der Waals surface area contributed by atoms with Crippen molar-refractivity contribution in [3.05, 3.63) is 36.4 Å². The summed E-state index contributed by atoms with van der Waals surface area (Å²) < 4.78 is 4.58. The fraction of sp³-hybridized carbons (Fsp3) is 0.154. The Morgan fingerprint density at radius 3 is 2.74 bits per heavy atom. The predicted octanol–water partition coefficient (Wildman–Crippen LogP) is 1.99. The van der Waals surface area contributed by atoms with Crippen LogP contribution in [0.2, 0.25) is 0 Å². The maximum atomic E-state index is 11.1. The van der Waals surface area contributed by atoms with Crippen LogP contribution in [0.15, 0.2) is 41.4 Å². The topological polar surface area (TPSA) is 78.1 Å². The Kier molecular flexibility index (Phi) is 4.35. The molecule has 98 valence electrons. The fourth-order valence-electron chi connectivity index (χ4n) is 1.42. The van der Waals surface area contributed by atoms with Crippen molar-refractivity contribution in [3.8, 4) is 11.4 Å². The Hall–Kier alpha value is -2.08. The lowest BCUT2D eigenvalue weighted by Crippen LogP contribution is -2.04. The molecule has 19 heavy (non-hydrogen) atoms. The lowest BCUT2D eigenvalue weighted by atomic mass is 10.2. The number of benzene rings is 1. The Morgan fingerprint density at radius 2 is 2.05 bits per heavy atom. The number of anilines is 1. The van der Waals surface area contributed by atoms with Crippen molar-refractivity contribution in [2.45, 2.75) is 5.03 Å². The fourth-order valence-corrected chi connectivity index (χ4v) is 2.16. The van der Waals surface area contributed by atoms with Gasteiger partial charge in [-0.15, -0.1) is 0 Å². The number of hydrogen-bond donors (Lipinski definition) is 1. The van der Waals surface area contributed by atoms with Crippen molar-refractivity contribution in [1.29, 1.82) is 0 Å². The largest absolute Gasteiger partial charge is 0.468 e. The average Bonchev–Trinajstić information content (AvgIpc) is 2.45. The molecule has 0 aliphatic rings. The van der Waals surface area contributed by atoms with Gasteiger partial charge in [0.25, 0.3) is 0 Å². The van der Waals surface area contributed by atoms with Gasteiger partial charge in [-0.05, 0) is 0 Å². The molecule has 0 saturated heterocycles. The van der Waals surface area contributed by atoms with E-state index in [2.05, 4.69) is 14.7 Å². The van der Waals surface area contributed by atoms with Crippen LogP contribution in [0.4, 0.5) is 5.82 Å². The molecular weight excluding hydrogens is 262 g/mol. The molecule has 0 atom stereocenters. The van der Waals surface area contributed by atoms with E-state index in [0.29, 0.717) is 16.7 Å². The molecule has 5 nitrogen and oxygen atoms in total. The number of nitrogens with zero attached hydrogens (tertiary/aromatic N) is 2. The minimum Gasteiger partial charge on any atom is -0.468 e. The summed E-state index contributed by atoms with van der Waals surface area (Å²) >= 11 is 1.27. The monoisotopic (exact) mass is 275 g/mol. The van der Waals surface area contributed by atoms with Gasteiger partial charge >= 0.3 is 5.97 Å². The molecule has 0 fully saturated rings. The van der Waals surface area contributed by atoms with Crippen molar-refractivity contribution < 1.29 is 9.53 Å². The Labute approximate surface area is 115 Å². The highest BCUT2D eigenvalue weighted by Gasteiger charge is 2.08. The van der Waals surface area contributed by atoms with Crippen molar-refractivity contribution in [2.24, 2.45) is 0 Å². The van der Waals surface area contributed by atoms with Gasteiger partial charge in [0.1, 0.15) is 10.8 Å². The van der Waals surface area contributed by atoms with Crippen molar-refractivity contribution in [3.63, 3.8) is 0 Å². The number of hydrogen-bond acceptors (Lipinski definition) is 6. The van der Waals surface area contributed by atoms with Gasteiger partial charge in [0.15, 0.2) is 5.82 Å². The van der Waals surface area contributed by atoms with E-state index in [1.807, 2.05) is 30.3 Å². The number of aromatic nitrogens is 2. The molecule has 1 heterocycles. The number of rotatable bonds is 4. The molecule has 0 radical (unpaired) electrons. The molecule has 2 N–H and O–H groups in total. The summed E-state index contributed by atoms with van der Waals surface area (Å²) in [5.41, 5.74) is 6.64. The summed E-state index contributed by atoms with van der Waals surface area (Å²) in [6, 6.07) is 11.2. The molecule has 1 aromatic heterocycles. The zero-order valence-corrected chi connectivity index (χ0v) is 11.2. The van der Waals surface area contributed by atoms with Gasteiger partial charge in [0.2, 0.25) is 0 Å². The highest BCUT2D eigenvalue weighted by molar-refractivity contribution is 7.99. The molecule has 2 rings (SSSR count). The van der Waals surface area contributed by atoms with E-state index in [0.717, 1.165) is 5.56 Å². The number of carbonyl (C=O) groups is 1. The first kappa shape index (κ1) is 13.4. The van der Waals surface area contributed by atoms with Gasteiger partial charge in [0, 0.05) is 11.6 Å². The second kappa shape index (κ2) is 6.19. The summed E-state index contributed by atoms with van der Waals surface area (Å²) in [4.78, 5) is 19.7. The Balaban J connectivity index is 2.22. The van der Waals surface area contributed by atoms with E-state index in [9.17, 15) is 4.79 Å². The zero-order valence-electron chi connectivity index (χ0n) is 10.4. The number of nitrogens with two attached hydrogens (primary N) is 1. The second-order valence-electron chi connectivity index (χ2n) is 3.69. The van der Waals surface area contributed by atoms with Gasteiger partial charge < -0.3 is 10.5 Å². The first-order valence-corrected chi connectivity index (χ1v) is 6.57. The summed E-state index contributed by atoms with van der Waals surface area (Å²) in [6.07, 6.45) is 0. The molecule has 0 spiro atoms. The Morgan fingerprint density at radius 1 is 1.32 bits per heavy atom. The lowest BCUT2D eigenvalue weighted by molar-refractivity contribution is -0.137. The zero-order chi connectivity index (χ0) is 13.7. The van der Waals surface area contributed by atoms with E-state index in [1.54, 1.807) is 6.07 Å². The molecule has 1 aromatic carbocycles. The second-order valence-corrected chi connectivity index (χ2v) is 4.68. The van der Waals surface area contributed by atoms with Crippen LogP contribution in [0.5, 0.6) is 0 Å². The van der Waals surface area contributed by atoms with Gasteiger partial charge in [-0.2, -0.15) is 0 Å². The van der Waals surface area contributed by atoms with Crippen LogP contribution in [0.25, 0.3) is 11.4 Å². The van der Waals surface area contributed by atoms with Crippen LogP contribution in [0.3, 0.4) is 0 Å². The SMILES string of the molecule is COC(=O)CSc1cc(N)nc(-c2ccccc2)n1. The quantitative estimate of drug-likeness (QED) is 0.522. The third kappa shape index (κ3) is 3.69. The first-order valence-electron chi connectivity index (χ1n) is 5.58. The van der Waals surface area contributed by atoms with Crippen LogP contribution in [-0.4, -0.2) is 28.8 Å². The third-order valence-corrected chi connectivity index (χ3v) is 3.20. The van der Waals surface area contributed by atoms with Crippen molar-refractivity contribution in [2.75, 3.05) is 18.6 Å². The molecule has 0 aliphatic carbocycles. The molecule has 2 aromatic rings. The number of thioether (sulfide) groups is 1. The molecule has 0 saturated carbocycles. The molecule has 0 amide bonds. The predicted molar refractivity (Wildman–Crippen MR) is 74.6 cm³/mol. The molecule has 6 heteroatoms. The van der Waals surface area contributed by atoms with E-state index in [-0.39, 0.29) is 11.7 Å². The van der Waals surface area contributed by atoms with Crippen LogP contribution in [-0.2, 0) is 9.53 Å². The Bertz CT molecular complexity index is 575. The van der Waals surface area contributed by atoms with E-state index in [4.69, 9.17) is 5.73 Å². The highest BCUT2D eigenvalue weighted by Crippen LogP contribution is 2.22. The number of carbonyl (C=O) groups excluding carboxylic acids is 1. The standard InChI is InChI=1S/C13H13N3O2S/c1-18-12(17)8-19-11-7-10(14)15-13(16-11)9-5-3-2-4-6-9/h2-7H,8H2,1H3,(H2,14,15,16). The van der Waals surface area contributed by atoms with Gasteiger partial charge in [-0.3, -0.25) is 4.79 Å². The van der Waals surface area contributed by atoms with Crippen LogP contribution < -0.4 is 5.73 Å². The number of nitrogen functional groups attached to an aromatic ring is 1. The number of ether oxygens (including phenoxy) is 1.